The van der Waals surface area contributed by atoms with Crippen LogP contribution in [0.5, 0.6) is 0 Å². The molecule has 54 nitrogen and oxygen atoms in total. The van der Waals surface area contributed by atoms with Crippen LogP contribution in [0.1, 0.15) is 0 Å². The first kappa shape index (κ1) is 134. The fourth-order valence-electron chi connectivity index (χ4n) is 13.8. The normalized spacial score (nSPS) is 12.5. The summed E-state index contributed by atoms with van der Waals surface area (Å²) in [4.78, 5) is 59.3. The van der Waals surface area contributed by atoms with E-state index >= 15 is 0 Å². The van der Waals surface area contributed by atoms with Crippen LogP contribution in [0, 0.1) is 0 Å². The summed E-state index contributed by atoms with van der Waals surface area (Å²) in [5.74, 6) is 0. The first-order chi connectivity index (χ1) is 66.7. The van der Waals surface area contributed by atoms with Gasteiger partial charge in [-0.1, -0.05) is 72.8 Å². The summed E-state index contributed by atoms with van der Waals surface area (Å²) in [6.07, 6.45) is 0. The highest BCUT2D eigenvalue weighted by atomic mass is 31.2. The summed E-state index contributed by atoms with van der Waals surface area (Å²) in [6.45, 7) is 0. The molecule has 72 heteroatoms. The summed E-state index contributed by atoms with van der Waals surface area (Å²) in [5, 5.41) is 49.5. The Morgan fingerprint density at radius 1 is 0.188 bits per heavy atom. The van der Waals surface area contributed by atoms with Gasteiger partial charge in [0.2, 0.25) is 0 Å². The third-order valence-electron chi connectivity index (χ3n) is 18.4. The van der Waals surface area contributed by atoms with Crippen molar-refractivity contribution in [3.05, 3.63) is 146 Å². The molecule has 12 aromatic rings. The molecule has 0 radical (unpaired) electrons. The first-order valence-corrected chi connectivity index (χ1v) is 56.9. The number of para-hydroxylation sites is 6. The highest BCUT2D eigenvalue weighted by molar-refractivity contribution is 7.66. The molecule has 0 aliphatic rings. The summed E-state index contributed by atoms with van der Waals surface area (Å²) in [7, 11) is 37.7. The Morgan fingerprint density at radius 3 is 0.340 bits per heavy atom. The zero-order valence-corrected chi connectivity index (χ0v) is 97.7. The Hall–Kier alpha value is -7.68. The van der Waals surface area contributed by atoms with Gasteiger partial charge in [-0.3, -0.25) is 0 Å². The van der Waals surface area contributed by atoms with E-state index in [9.17, 15) is 25.2 Å². The Kier molecular flexibility index (Phi) is 59.1. The smallest absolute Gasteiger partial charge is 0.540 e. The van der Waals surface area contributed by atoms with Crippen molar-refractivity contribution in [1.29, 1.82) is 0 Å². The maximum Gasteiger partial charge on any atom is 0.540 e. The van der Waals surface area contributed by atoms with Crippen molar-refractivity contribution < 1.29 is 110 Å². The van der Waals surface area contributed by atoms with E-state index in [0.717, 1.165) is 66.2 Å². The van der Waals surface area contributed by atoms with Gasteiger partial charge in [-0.2, -0.15) is 27.7 Å². The van der Waals surface area contributed by atoms with Crippen LogP contribution in [0.3, 0.4) is 0 Å². The fourth-order valence-corrected chi connectivity index (χ4v) is 31.3. The van der Waals surface area contributed by atoms with Gasteiger partial charge in [0, 0.05) is 254 Å². The predicted octanol–water partition coefficient (Wildman–Crippen LogP) is 7.18. The minimum atomic E-state index is -3.62. The first-order valence-electron chi connectivity index (χ1n) is 41.1. The van der Waals surface area contributed by atoms with Crippen LogP contribution in [0.15, 0.2) is 146 Å². The van der Waals surface area contributed by atoms with Crippen molar-refractivity contribution >= 4 is 164 Å². The molecule has 0 amide bonds. The number of benzene rings is 6. The van der Waals surface area contributed by atoms with E-state index in [0.29, 0.717) is 0 Å². The summed E-state index contributed by atoms with van der Waals surface area (Å²) in [6, 6.07) is 46.6. The van der Waals surface area contributed by atoms with Crippen LogP contribution in [0.4, 0.5) is 25.2 Å². The van der Waals surface area contributed by atoms with E-state index in [-0.39, 0.29) is 0 Å². The van der Waals surface area contributed by atoms with E-state index in [2.05, 4.69) is 146 Å². The lowest BCUT2D eigenvalue weighted by molar-refractivity contribution is -0.175. The van der Waals surface area contributed by atoms with Gasteiger partial charge in [0.05, 0.1) is 25.2 Å². The van der Waals surface area contributed by atoms with E-state index in [1.807, 2.05) is 399 Å². The summed E-state index contributed by atoms with van der Waals surface area (Å²) in [5.41, 5.74) is 10.1. The minimum absolute atomic E-state index is 0.821. The second kappa shape index (κ2) is 63.3. The number of rotatable bonds is 30. The van der Waals surface area contributed by atoms with Gasteiger partial charge in [-0.05, 0) is 161 Å². The fraction of sp³-hybridized carbons (Fsp3) is 0.500. The number of hydrogen-bond acceptors (Lipinski definition) is 48. The Balaban J connectivity index is 0.000000824. The molecule has 6 atom stereocenters. The lowest BCUT2D eigenvalue weighted by Gasteiger charge is -2.35. The molecule has 12 rings (SSSR count). The Morgan fingerprint density at radius 2 is 0.264 bits per heavy atom. The molecule has 804 valence electrons. The molecule has 0 aliphatic carbocycles. The second-order valence-corrected chi connectivity index (χ2v) is 55.9. The van der Waals surface area contributed by atoms with E-state index in [4.69, 9.17) is 84.5 Å². The highest BCUT2D eigenvalue weighted by Crippen LogP contribution is 2.66. The Labute approximate surface area is 843 Å². The molecule has 6 heterocycles. The van der Waals surface area contributed by atoms with Crippen LogP contribution in [-0.4, -0.2) is 429 Å². The summed E-state index contributed by atoms with van der Waals surface area (Å²) >= 11 is 0. The van der Waals surface area contributed by atoms with Gasteiger partial charge in [-0.25, -0.2) is 0 Å². The number of fused-ring (bicyclic) bond motifs is 6. The molecule has 0 aliphatic heterocycles. The van der Waals surface area contributed by atoms with Crippen LogP contribution in [0.25, 0.3) is 66.2 Å². The van der Waals surface area contributed by atoms with E-state index in [1.54, 1.807) is 0 Å². The average molecular weight is 2280 g/mol. The monoisotopic (exact) mass is 2270 g/mol. The third-order valence-corrected chi connectivity index (χ3v) is 39.4. The number of aromatic nitrogens is 18. The van der Waals surface area contributed by atoms with Crippen molar-refractivity contribution in [2.75, 3.05) is 254 Å². The van der Waals surface area contributed by atoms with Crippen molar-refractivity contribution in [3.8, 4) is 0 Å². The molecule has 0 spiro atoms. The molecular formula is C72H132F6N36O18P12+6. The van der Waals surface area contributed by atoms with Gasteiger partial charge in [0.15, 0.2) is 0 Å². The minimum Gasteiger partial charge on any atom is -0.562 e. The zero-order chi connectivity index (χ0) is 111. The molecule has 0 N–H and O–H groups in total. The SMILES string of the molecule is CN(C)[P+](On1nnc2ccccc21)(N(C)C)N(C)C.CN(C)[P+](On1nnc2ccccc21)(N(C)C)N(C)C.CN(C)[P+](On1nnc2ccccc21)(N(C)C)N(C)C.CN(C)[P+](On1nnc2ccccc21)(N(C)C)N(C)C.CN(C)[P+](On1nnc2ccccc21)(N(C)C)N(C)C.CN(C)[P+](On1nnc2ccccc21)(N(C)C)N(C)C.O=[P+]([O-])F.O=[P+]([O-])F.O=[P+]([O-])F.O=[P+]([O-])F.O=[P+]([O-])F.O=[P+]([O-])F. The molecule has 0 saturated carbocycles. The molecule has 6 aromatic heterocycles. The molecule has 144 heavy (non-hydrogen) atoms. The topological polar surface area (TPSA) is 539 Å². The predicted molar refractivity (Wildman–Crippen MR) is 545 cm³/mol. The number of hydrogen-bond donors (Lipinski definition) is 0. The highest BCUT2D eigenvalue weighted by Gasteiger charge is 2.60. The van der Waals surface area contributed by atoms with Crippen molar-refractivity contribution in [1.82, 2.24) is 175 Å². The quantitative estimate of drug-likeness (QED) is 0.0318. The van der Waals surface area contributed by atoms with Crippen LogP contribution in [-0.2, 0) is 27.4 Å². The number of nitrogens with zero attached hydrogens (tertiary/aromatic N) is 36. The second-order valence-electron chi connectivity index (χ2n) is 31.8. The number of halogens is 6. The molecule has 0 fully saturated rings. The van der Waals surface area contributed by atoms with Gasteiger partial charge < -0.3 is 29.4 Å². The van der Waals surface area contributed by atoms with Crippen LogP contribution in [0.2, 0.25) is 0 Å². The maximum atomic E-state index is 9.95. The lowest BCUT2D eigenvalue weighted by atomic mass is 10.3. The Bertz CT molecular complexity index is 4830. The molecular weight excluding hydrogens is 2140 g/mol. The lowest BCUT2D eigenvalue weighted by Crippen LogP contribution is -2.42. The largest absolute Gasteiger partial charge is 0.562 e. The molecule has 6 unspecified atom stereocenters. The zero-order valence-electron chi connectivity index (χ0n) is 86.9. The maximum absolute atomic E-state index is 9.95. The van der Waals surface area contributed by atoms with Gasteiger partial charge in [-0.15, -0.1) is 115 Å². The molecule has 6 aromatic carbocycles. The van der Waals surface area contributed by atoms with Crippen LogP contribution >= 0.6 is 97.7 Å². The molecule has 0 bridgehead atoms. The van der Waals surface area contributed by atoms with Crippen molar-refractivity contribution in [2.45, 2.75) is 0 Å². The average Bonchev–Trinajstić information content (AvgIpc) is 1.72. The van der Waals surface area contributed by atoms with Crippen LogP contribution < -0.4 is 57.1 Å². The van der Waals surface area contributed by atoms with Gasteiger partial charge >= 0.3 is 97.7 Å². The molecule has 0 saturated heterocycles. The van der Waals surface area contributed by atoms with E-state index in [1.165, 1.54) is 29.1 Å². The third kappa shape index (κ3) is 38.1. The van der Waals surface area contributed by atoms with Gasteiger partial charge in [0.1, 0.15) is 66.2 Å². The van der Waals surface area contributed by atoms with Crippen molar-refractivity contribution in [2.24, 2.45) is 0 Å². The standard InChI is InChI=1S/6C12H22N6OP.6FO2P/c6*1-15(2)20(16(3)4,17(5)6)19-18-12-10-8-7-9-11(12)13-14-18;6*1-4(2)3/h6*7-10H,1-6H3;;;;;;/q6*+1;;;;;;. The van der Waals surface area contributed by atoms with Crippen molar-refractivity contribution in [3.63, 3.8) is 0 Å². The summed E-state index contributed by atoms with van der Waals surface area (Å²) < 4.78 is 185. The van der Waals surface area contributed by atoms with Gasteiger partial charge in [0.25, 0.3) is 0 Å². The van der Waals surface area contributed by atoms with E-state index < -0.39 is 97.7 Å².